The van der Waals surface area contributed by atoms with Crippen LogP contribution in [0.25, 0.3) is 11.0 Å². The van der Waals surface area contributed by atoms with Gasteiger partial charge in [0.05, 0.1) is 17.7 Å². The van der Waals surface area contributed by atoms with Crippen molar-refractivity contribution < 1.29 is 9.57 Å². The van der Waals surface area contributed by atoms with Crippen molar-refractivity contribution in [3.05, 3.63) is 59.4 Å². The molecule has 0 amide bonds. The summed E-state index contributed by atoms with van der Waals surface area (Å²) in [5, 5.41) is 0. The van der Waals surface area contributed by atoms with Crippen molar-refractivity contribution in [1.29, 1.82) is 0 Å². The monoisotopic (exact) mass is 348 g/mol. The minimum absolute atomic E-state index is 0.543. The van der Waals surface area contributed by atoms with Gasteiger partial charge in [-0.05, 0) is 43.2 Å². The van der Waals surface area contributed by atoms with E-state index in [2.05, 4.69) is 17.8 Å². The minimum atomic E-state index is 0.543. The lowest BCUT2D eigenvalue weighted by Gasteiger charge is -2.11. The van der Waals surface area contributed by atoms with E-state index >= 15 is 0 Å². The fraction of sp³-hybridized carbons (Fsp3) is 0.318. The molecule has 3 aromatic rings. The molecule has 0 aliphatic rings. The van der Waals surface area contributed by atoms with E-state index in [0.29, 0.717) is 13.2 Å². The number of imidazole rings is 1. The highest BCUT2D eigenvalue weighted by molar-refractivity contribution is 5.75. The summed E-state index contributed by atoms with van der Waals surface area (Å²) in [6, 6.07) is 14.0. The van der Waals surface area contributed by atoms with Crippen LogP contribution in [0.15, 0.2) is 42.5 Å². The molecule has 1 aromatic heterocycles. The number of rotatable bonds is 8. The van der Waals surface area contributed by atoms with E-state index in [9.17, 15) is 0 Å². The summed E-state index contributed by atoms with van der Waals surface area (Å²) in [6.07, 6.45) is 8.52. The second kappa shape index (κ2) is 8.44. The third-order valence-corrected chi connectivity index (χ3v) is 4.24. The van der Waals surface area contributed by atoms with Crippen LogP contribution in [0.1, 0.15) is 36.7 Å². The maximum absolute atomic E-state index is 5.95. The Hall–Kier alpha value is -2.93. The first-order chi connectivity index (χ1) is 12.7. The number of aromatic nitrogens is 2. The Kier molecular flexibility index (Phi) is 5.80. The predicted octanol–water partition coefficient (Wildman–Crippen LogP) is 4.18. The molecular formula is C22H24N2O2. The van der Waals surface area contributed by atoms with Crippen LogP contribution in [0, 0.1) is 19.3 Å². The van der Waals surface area contributed by atoms with Crippen LogP contribution in [-0.4, -0.2) is 22.9 Å². The molecule has 0 spiro atoms. The van der Waals surface area contributed by atoms with E-state index in [4.69, 9.17) is 16.0 Å². The third-order valence-electron chi connectivity index (χ3n) is 4.24. The minimum Gasteiger partial charge on any atom is -0.492 e. The maximum Gasteiger partial charge on any atom is 0.143 e. The average Bonchev–Trinajstić information content (AvgIpc) is 2.98. The van der Waals surface area contributed by atoms with Crippen molar-refractivity contribution in [1.82, 2.24) is 9.71 Å². The van der Waals surface area contributed by atoms with Gasteiger partial charge in [0.2, 0.25) is 0 Å². The van der Waals surface area contributed by atoms with Crippen LogP contribution in [0.3, 0.4) is 0 Å². The molecule has 26 heavy (non-hydrogen) atoms. The first-order valence-corrected chi connectivity index (χ1v) is 9.02. The van der Waals surface area contributed by atoms with Crippen molar-refractivity contribution in [3.63, 3.8) is 0 Å². The van der Waals surface area contributed by atoms with Crippen molar-refractivity contribution in [3.8, 4) is 18.1 Å². The van der Waals surface area contributed by atoms with Gasteiger partial charge < -0.3 is 9.57 Å². The lowest BCUT2D eigenvalue weighted by Crippen LogP contribution is -2.16. The molecule has 0 fully saturated rings. The molecule has 4 heteroatoms. The van der Waals surface area contributed by atoms with Crippen LogP contribution in [0.5, 0.6) is 5.75 Å². The van der Waals surface area contributed by atoms with Gasteiger partial charge in [-0.3, -0.25) is 0 Å². The zero-order valence-corrected chi connectivity index (χ0v) is 15.4. The van der Waals surface area contributed by atoms with Gasteiger partial charge in [0.15, 0.2) is 0 Å². The predicted molar refractivity (Wildman–Crippen MR) is 104 cm³/mol. The van der Waals surface area contributed by atoms with E-state index < -0.39 is 0 Å². The van der Waals surface area contributed by atoms with E-state index in [0.717, 1.165) is 53.0 Å². The first kappa shape index (κ1) is 17.9. The third kappa shape index (κ3) is 4.00. The zero-order valence-electron chi connectivity index (χ0n) is 15.4. The topological polar surface area (TPSA) is 36.3 Å². The van der Waals surface area contributed by atoms with Gasteiger partial charge in [-0.15, -0.1) is 6.42 Å². The second-order valence-electron chi connectivity index (χ2n) is 6.20. The Balaban J connectivity index is 1.64. The molecule has 134 valence electrons. The number of aryl methyl sites for hydroxylation is 1. The number of fused-ring (bicyclic) bond motifs is 1. The van der Waals surface area contributed by atoms with Crippen LogP contribution in [0.4, 0.5) is 0 Å². The molecule has 0 radical (unpaired) electrons. The van der Waals surface area contributed by atoms with E-state index in [1.807, 2.05) is 49.4 Å². The molecule has 0 N–H and O–H groups in total. The van der Waals surface area contributed by atoms with Gasteiger partial charge in [-0.2, -0.15) is 4.73 Å². The summed E-state index contributed by atoms with van der Waals surface area (Å²) in [7, 11) is 0. The van der Waals surface area contributed by atoms with Crippen molar-refractivity contribution in [2.75, 3.05) is 13.2 Å². The van der Waals surface area contributed by atoms with Gasteiger partial charge >= 0.3 is 0 Å². The largest absolute Gasteiger partial charge is 0.492 e. The summed E-state index contributed by atoms with van der Waals surface area (Å²) >= 11 is 0. The lowest BCUT2D eigenvalue weighted by molar-refractivity contribution is 0.117. The number of hydrogen-bond acceptors (Lipinski definition) is 3. The standard InChI is InChI=1S/C22H24N2O2/c1-4-6-14-25-22-12-11-18(16-19(22)5-2)13-15-26-24-17(3)23-20-9-7-8-10-21(20)24/h2,7-12,16H,4,6,13-15H2,1,3H3. The van der Waals surface area contributed by atoms with E-state index in [1.54, 1.807) is 4.73 Å². The quantitative estimate of drug-likeness (QED) is 0.453. The van der Waals surface area contributed by atoms with Crippen molar-refractivity contribution in [2.24, 2.45) is 0 Å². The highest BCUT2D eigenvalue weighted by Gasteiger charge is 2.08. The van der Waals surface area contributed by atoms with E-state index in [1.165, 1.54) is 0 Å². The summed E-state index contributed by atoms with van der Waals surface area (Å²) in [4.78, 5) is 10.5. The lowest BCUT2D eigenvalue weighted by atomic mass is 10.1. The number of para-hydroxylation sites is 2. The molecule has 0 bridgehead atoms. The normalized spacial score (nSPS) is 10.7. The number of nitrogens with zero attached hydrogens (tertiary/aromatic N) is 2. The Morgan fingerprint density at radius 3 is 2.81 bits per heavy atom. The Morgan fingerprint density at radius 1 is 1.15 bits per heavy atom. The van der Waals surface area contributed by atoms with Crippen LogP contribution in [0.2, 0.25) is 0 Å². The van der Waals surface area contributed by atoms with Crippen LogP contribution >= 0.6 is 0 Å². The zero-order chi connectivity index (χ0) is 18.4. The molecule has 0 aliphatic heterocycles. The molecule has 0 saturated heterocycles. The fourth-order valence-corrected chi connectivity index (χ4v) is 2.84. The van der Waals surface area contributed by atoms with Crippen LogP contribution < -0.4 is 9.57 Å². The molecule has 4 nitrogen and oxygen atoms in total. The van der Waals surface area contributed by atoms with Crippen molar-refractivity contribution in [2.45, 2.75) is 33.1 Å². The summed E-state index contributed by atoms with van der Waals surface area (Å²) < 4.78 is 7.56. The molecule has 2 aromatic carbocycles. The maximum atomic E-state index is 5.95. The highest BCUT2D eigenvalue weighted by atomic mass is 16.7. The Labute approximate surface area is 154 Å². The number of unbranched alkanes of at least 4 members (excludes halogenated alkanes) is 1. The number of hydrogen-bond donors (Lipinski definition) is 0. The van der Waals surface area contributed by atoms with Gasteiger partial charge in [-0.1, -0.05) is 37.5 Å². The number of terminal acetylenes is 1. The molecular weight excluding hydrogens is 324 g/mol. The van der Waals surface area contributed by atoms with Gasteiger partial charge in [0.25, 0.3) is 0 Å². The summed E-state index contributed by atoms with van der Waals surface area (Å²) in [5.74, 6) is 4.34. The molecule has 0 aliphatic carbocycles. The Bertz CT molecular complexity index is 922. The van der Waals surface area contributed by atoms with Gasteiger partial charge in [0.1, 0.15) is 23.7 Å². The highest BCUT2D eigenvalue weighted by Crippen LogP contribution is 2.20. The number of ether oxygens (including phenoxy) is 1. The molecule has 0 unspecified atom stereocenters. The fourth-order valence-electron chi connectivity index (χ4n) is 2.84. The Morgan fingerprint density at radius 2 is 2.00 bits per heavy atom. The number of benzene rings is 2. The van der Waals surface area contributed by atoms with Crippen molar-refractivity contribution >= 4 is 11.0 Å². The average molecular weight is 348 g/mol. The van der Waals surface area contributed by atoms with E-state index in [-0.39, 0.29) is 0 Å². The second-order valence-corrected chi connectivity index (χ2v) is 6.20. The molecule has 3 rings (SSSR count). The van der Waals surface area contributed by atoms with Gasteiger partial charge in [0, 0.05) is 6.42 Å². The van der Waals surface area contributed by atoms with Crippen LogP contribution in [-0.2, 0) is 6.42 Å². The smallest absolute Gasteiger partial charge is 0.143 e. The molecule has 0 saturated carbocycles. The summed E-state index contributed by atoms with van der Waals surface area (Å²) in [5.41, 5.74) is 3.84. The molecule has 0 atom stereocenters. The summed E-state index contributed by atoms with van der Waals surface area (Å²) in [6.45, 7) is 5.32. The van der Waals surface area contributed by atoms with Gasteiger partial charge in [-0.25, -0.2) is 4.98 Å². The molecule has 1 heterocycles. The SMILES string of the molecule is C#Cc1cc(CCOn2c(C)nc3ccccc32)ccc1OCCCC. The first-order valence-electron chi connectivity index (χ1n) is 9.02.